The number of thioether (sulfide) groups is 1. The van der Waals surface area contributed by atoms with Gasteiger partial charge in [-0.25, -0.2) is 4.79 Å². The van der Waals surface area contributed by atoms with Crippen molar-refractivity contribution in [2.45, 2.75) is 11.8 Å². The third-order valence-corrected chi connectivity index (χ3v) is 6.98. The summed E-state index contributed by atoms with van der Waals surface area (Å²) in [4.78, 5) is 12.1. The molecule has 0 unspecified atom stereocenters. The van der Waals surface area contributed by atoms with Crippen LogP contribution in [0.15, 0.2) is 81.3 Å². The van der Waals surface area contributed by atoms with E-state index < -0.39 is 5.97 Å². The van der Waals surface area contributed by atoms with Crippen molar-refractivity contribution in [1.82, 2.24) is 10.2 Å². The zero-order chi connectivity index (χ0) is 24.1. The zero-order valence-electron chi connectivity index (χ0n) is 17.2. The summed E-state index contributed by atoms with van der Waals surface area (Å²) in [7, 11) is 0. The van der Waals surface area contributed by atoms with Crippen LogP contribution in [0, 0.1) is 7.14 Å². The first-order valence-corrected chi connectivity index (χ1v) is 13.1. The van der Waals surface area contributed by atoms with E-state index in [0.717, 1.165) is 24.5 Å². The number of aromatic nitrogens is 2. The summed E-state index contributed by atoms with van der Waals surface area (Å²) in [6, 6.07) is 20.6. The Morgan fingerprint density at radius 2 is 1.82 bits per heavy atom. The van der Waals surface area contributed by atoms with Crippen LogP contribution in [0.2, 0.25) is 5.02 Å². The van der Waals surface area contributed by atoms with Crippen LogP contribution in [0.5, 0.6) is 5.75 Å². The molecule has 0 atom stereocenters. The second kappa shape index (κ2) is 11.6. The third kappa shape index (κ3) is 6.52. The normalized spacial score (nSPS) is 11.4. The van der Waals surface area contributed by atoms with Crippen LogP contribution in [0.1, 0.15) is 11.1 Å². The molecule has 0 bridgehead atoms. The Kier molecular flexibility index (Phi) is 8.51. The number of carboxylic acids is 1. The molecule has 34 heavy (non-hydrogen) atoms. The molecule has 0 aliphatic carbocycles. The fourth-order valence-corrected chi connectivity index (χ4v) is 5.73. The largest absolute Gasteiger partial charge is 0.487 e. The van der Waals surface area contributed by atoms with E-state index >= 15 is 0 Å². The van der Waals surface area contributed by atoms with Gasteiger partial charge in [0, 0.05) is 19.7 Å². The van der Waals surface area contributed by atoms with E-state index in [1.165, 1.54) is 0 Å². The van der Waals surface area contributed by atoms with Gasteiger partial charge in [-0.3, -0.25) is 0 Å². The van der Waals surface area contributed by atoms with Gasteiger partial charge in [0.2, 0.25) is 5.89 Å². The summed E-state index contributed by atoms with van der Waals surface area (Å²) >= 11 is 11.2. The molecule has 4 aromatic rings. The molecule has 4 rings (SSSR count). The lowest BCUT2D eigenvalue weighted by atomic mass is 10.2. The number of nitrogens with zero attached hydrogens (tertiary/aromatic N) is 2. The number of carbonyl (C=O) groups is 1. The van der Waals surface area contributed by atoms with Crippen molar-refractivity contribution in [2.75, 3.05) is 0 Å². The molecule has 1 aromatic heterocycles. The molecule has 1 N–H and O–H groups in total. The molecule has 0 radical (unpaired) electrons. The fourth-order valence-electron chi connectivity index (χ4n) is 2.90. The van der Waals surface area contributed by atoms with E-state index in [0.29, 0.717) is 28.5 Å². The Labute approximate surface area is 232 Å². The lowest BCUT2D eigenvalue weighted by Gasteiger charge is -2.13. The summed E-state index contributed by atoms with van der Waals surface area (Å²) in [5.41, 5.74) is 2.35. The second-order valence-electron chi connectivity index (χ2n) is 6.88. The van der Waals surface area contributed by atoms with Gasteiger partial charge in [0.1, 0.15) is 17.3 Å². The van der Waals surface area contributed by atoms with Crippen molar-refractivity contribution in [2.24, 2.45) is 0 Å². The standard InChI is InChI=1S/C24H15ClI2N2O4S/c25-17-8-6-15(7-9-17)22-28-29-24(33-22)34-20(23(30)31)11-16-10-18(26)12-19(27)21(16)32-13-14-4-2-1-3-5-14/h1-12H,13H2,(H,30,31)/b20-11-. The Bertz CT molecular complexity index is 1350. The lowest BCUT2D eigenvalue weighted by molar-refractivity contribution is -0.131. The number of carboxylic acid groups (broad SMARTS) is 1. The maximum atomic E-state index is 12.0. The molecular weight excluding hydrogens is 702 g/mol. The number of hydrogen-bond donors (Lipinski definition) is 1. The van der Waals surface area contributed by atoms with Crippen molar-refractivity contribution >= 4 is 80.6 Å². The molecule has 3 aromatic carbocycles. The molecule has 6 nitrogen and oxygen atoms in total. The Balaban J connectivity index is 1.61. The van der Waals surface area contributed by atoms with Crippen molar-refractivity contribution in [1.29, 1.82) is 0 Å². The molecular formula is C24H15ClI2N2O4S. The second-order valence-corrected chi connectivity index (χ2v) is 10.7. The highest BCUT2D eigenvalue weighted by Gasteiger charge is 2.18. The molecule has 10 heteroatoms. The van der Waals surface area contributed by atoms with Crippen molar-refractivity contribution in [3.63, 3.8) is 0 Å². The summed E-state index contributed by atoms with van der Waals surface area (Å²) in [5, 5.41) is 18.6. The van der Waals surface area contributed by atoms with E-state index in [2.05, 4.69) is 55.4 Å². The molecule has 0 spiro atoms. The zero-order valence-corrected chi connectivity index (χ0v) is 23.1. The van der Waals surface area contributed by atoms with Gasteiger partial charge in [0.05, 0.1) is 3.57 Å². The highest BCUT2D eigenvalue weighted by molar-refractivity contribution is 14.1. The van der Waals surface area contributed by atoms with Crippen LogP contribution in [-0.2, 0) is 11.4 Å². The van der Waals surface area contributed by atoms with E-state index in [-0.39, 0.29) is 16.0 Å². The number of rotatable bonds is 8. The molecule has 172 valence electrons. The highest BCUT2D eigenvalue weighted by Crippen LogP contribution is 2.35. The van der Waals surface area contributed by atoms with Gasteiger partial charge < -0.3 is 14.3 Å². The number of aliphatic carboxylic acids is 1. The number of halogens is 3. The first-order valence-electron chi connectivity index (χ1n) is 9.77. The molecule has 1 heterocycles. The van der Waals surface area contributed by atoms with Crippen molar-refractivity contribution in [3.05, 3.63) is 94.9 Å². The lowest BCUT2D eigenvalue weighted by Crippen LogP contribution is -2.01. The fraction of sp³-hybridized carbons (Fsp3) is 0.0417. The predicted octanol–water partition coefficient (Wildman–Crippen LogP) is 7.40. The topological polar surface area (TPSA) is 85.5 Å². The summed E-state index contributed by atoms with van der Waals surface area (Å²) in [5.74, 6) is -0.227. The number of ether oxygens (including phenoxy) is 1. The average Bonchev–Trinajstić information content (AvgIpc) is 3.27. The van der Waals surface area contributed by atoms with E-state index in [1.807, 2.05) is 42.5 Å². The highest BCUT2D eigenvalue weighted by atomic mass is 127. The summed E-state index contributed by atoms with van der Waals surface area (Å²) in [6.07, 6.45) is 1.56. The van der Waals surface area contributed by atoms with Crippen LogP contribution in [0.3, 0.4) is 0 Å². The quantitative estimate of drug-likeness (QED) is 0.116. The minimum Gasteiger partial charge on any atom is -0.487 e. The smallest absolute Gasteiger partial charge is 0.342 e. The Hall–Kier alpha value is -2.09. The Morgan fingerprint density at radius 3 is 2.53 bits per heavy atom. The third-order valence-electron chi connectivity index (χ3n) is 4.46. The van der Waals surface area contributed by atoms with Gasteiger partial charge in [-0.15, -0.1) is 10.2 Å². The van der Waals surface area contributed by atoms with Gasteiger partial charge in [-0.1, -0.05) is 41.9 Å². The van der Waals surface area contributed by atoms with Crippen LogP contribution >= 0.6 is 68.5 Å². The molecule has 0 saturated heterocycles. The molecule has 0 aliphatic heterocycles. The van der Waals surface area contributed by atoms with Gasteiger partial charge in [0.15, 0.2) is 0 Å². The average molecular weight is 717 g/mol. The first kappa shape index (κ1) is 25.0. The van der Waals surface area contributed by atoms with E-state index in [1.54, 1.807) is 30.3 Å². The summed E-state index contributed by atoms with van der Waals surface area (Å²) < 4.78 is 13.6. The van der Waals surface area contributed by atoms with Crippen LogP contribution in [-0.4, -0.2) is 21.3 Å². The SMILES string of the molecule is O=C(O)/C(=C/c1cc(I)cc(I)c1OCc1ccccc1)Sc1nnc(-c2ccc(Cl)cc2)o1. The first-order chi connectivity index (χ1) is 16.4. The van der Waals surface area contributed by atoms with Gasteiger partial charge in [-0.2, -0.15) is 0 Å². The van der Waals surface area contributed by atoms with Gasteiger partial charge in [0.25, 0.3) is 5.22 Å². The molecule has 0 fully saturated rings. The van der Waals surface area contributed by atoms with Crippen LogP contribution in [0.4, 0.5) is 0 Å². The maximum Gasteiger partial charge on any atom is 0.342 e. The molecule has 0 aliphatic rings. The van der Waals surface area contributed by atoms with Crippen LogP contribution in [0.25, 0.3) is 17.5 Å². The number of benzene rings is 3. The number of hydrogen-bond acceptors (Lipinski definition) is 6. The minimum atomic E-state index is -1.11. The monoisotopic (exact) mass is 716 g/mol. The van der Waals surface area contributed by atoms with Crippen LogP contribution < -0.4 is 4.74 Å². The van der Waals surface area contributed by atoms with E-state index in [4.69, 9.17) is 20.8 Å². The molecule has 0 saturated carbocycles. The van der Waals surface area contributed by atoms with Gasteiger partial charge in [-0.05, 0) is 105 Å². The van der Waals surface area contributed by atoms with Crippen molar-refractivity contribution in [3.8, 4) is 17.2 Å². The maximum absolute atomic E-state index is 12.0. The van der Waals surface area contributed by atoms with Crippen molar-refractivity contribution < 1.29 is 19.1 Å². The minimum absolute atomic E-state index is 0.0219. The summed E-state index contributed by atoms with van der Waals surface area (Å²) in [6.45, 7) is 0.363. The van der Waals surface area contributed by atoms with Gasteiger partial charge >= 0.3 is 5.97 Å². The molecule has 0 amide bonds. The van der Waals surface area contributed by atoms with E-state index in [9.17, 15) is 9.90 Å². The Morgan fingerprint density at radius 1 is 1.09 bits per heavy atom. The predicted molar refractivity (Wildman–Crippen MR) is 149 cm³/mol.